The van der Waals surface area contributed by atoms with Gasteiger partial charge in [-0.2, -0.15) is 0 Å². The second-order valence-electron chi connectivity index (χ2n) is 3.95. The molecule has 0 spiro atoms. The molecule has 0 unspecified atom stereocenters. The van der Waals surface area contributed by atoms with Crippen LogP contribution in [0.3, 0.4) is 0 Å². The number of anilines is 1. The smallest absolute Gasteiger partial charge is 0.249 e. The van der Waals surface area contributed by atoms with Gasteiger partial charge in [0.05, 0.1) is 11.9 Å². The first-order valence-electron chi connectivity index (χ1n) is 5.46. The largest absolute Gasteiger partial charge is 0.273 e. The topological polar surface area (TPSA) is 50.3 Å². The number of pyridine rings is 1. The number of nitrogens with zero attached hydrogens (tertiary/aromatic N) is 2. The van der Waals surface area contributed by atoms with Gasteiger partial charge in [0.1, 0.15) is 5.41 Å². The van der Waals surface area contributed by atoms with Gasteiger partial charge in [-0.05, 0) is 25.0 Å². The van der Waals surface area contributed by atoms with Crippen molar-refractivity contribution in [2.75, 3.05) is 4.90 Å². The summed E-state index contributed by atoms with van der Waals surface area (Å²) in [6, 6.07) is 3.44. The Bertz CT molecular complexity index is 406. The summed E-state index contributed by atoms with van der Waals surface area (Å²) in [6.07, 6.45) is 4.28. The highest BCUT2D eigenvalue weighted by molar-refractivity contribution is 6.36. The lowest BCUT2D eigenvalue weighted by molar-refractivity contribution is -0.153. The summed E-state index contributed by atoms with van der Waals surface area (Å²) in [4.78, 5) is 29.2. The predicted molar refractivity (Wildman–Crippen MR) is 59.7 cm³/mol. The van der Waals surface area contributed by atoms with Crippen LogP contribution in [0.1, 0.15) is 26.7 Å². The number of hydrogen-bond donors (Lipinski definition) is 0. The zero-order valence-electron chi connectivity index (χ0n) is 9.43. The molecular formula is C12H14N2O2. The van der Waals surface area contributed by atoms with Gasteiger partial charge >= 0.3 is 0 Å². The summed E-state index contributed by atoms with van der Waals surface area (Å²) < 4.78 is 0. The summed E-state index contributed by atoms with van der Waals surface area (Å²) in [6.45, 7) is 3.75. The Kier molecular flexibility index (Phi) is 2.50. The molecule has 1 aromatic heterocycles. The monoisotopic (exact) mass is 218 g/mol. The molecule has 16 heavy (non-hydrogen) atoms. The van der Waals surface area contributed by atoms with Gasteiger partial charge in [0, 0.05) is 6.20 Å². The van der Waals surface area contributed by atoms with E-state index < -0.39 is 5.41 Å². The number of β-lactam (4-membered cyclic amide) rings is 2. The minimum atomic E-state index is -0.782. The van der Waals surface area contributed by atoms with Crippen LogP contribution in [0, 0.1) is 5.41 Å². The van der Waals surface area contributed by atoms with E-state index in [1.54, 1.807) is 18.3 Å². The molecule has 4 nitrogen and oxygen atoms in total. The number of rotatable bonds is 3. The Labute approximate surface area is 94.3 Å². The van der Waals surface area contributed by atoms with Crippen LogP contribution in [0.2, 0.25) is 0 Å². The van der Waals surface area contributed by atoms with Crippen LogP contribution in [-0.2, 0) is 9.59 Å². The third-order valence-electron chi connectivity index (χ3n) is 3.34. The van der Waals surface area contributed by atoms with Gasteiger partial charge < -0.3 is 0 Å². The first-order chi connectivity index (χ1) is 7.67. The maximum atomic E-state index is 12.0. The first kappa shape index (κ1) is 10.8. The van der Waals surface area contributed by atoms with E-state index in [0.29, 0.717) is 18.5 Å². The second kappa shape index (κ2) is 3.70. The molecule has 2 rings (SSSR count). The van der Waals surface area contributed by atoms with E-state index in [-0.39, 0.29) is 11.8 Å². The maximum absolute atomic E-state index is 12.0. The normalized spacial score (nSPS) is 18.5. The number of aromatic nitrogens is 1. The van der Waals surface area contributed by atoms with Crippen molar-refractivity contribution in [1.29, 1.82) is 0 Å². The summed E-state index contributed by atoms with van der Waals surface area (Å²) >= 11 is 0. The average Bonchev–Trinajstić information content (AvgIpc) is 2.33. The molecule has 1 aliphatic rings. The minimum Gasteiger partial charge on any atom is -0.273 e. The number of amides is 2. The van der Waals surface area contributed by atoms with Gasteiger partial charge in [-0.25, -0.2) is 4.90 Å². The highest BCUT2D eigenvalue weighted by atomic mass is 16.2. The highest BCUT2D eigenvalue weighted by Gasteiger charge is 2.58. The van der Waals surface area contributed by atoms with Crippen molar-refractivity contribution >= 4 is 17.5 Å². The third kappa shape index (κ3) is 1.19. The van der Waals surface area contributed by atoms with Crippen LogP contribution >= 0.6 is 0 Å². The van der Waals surface area contributed by atoms with Gasteiger partial charge in [-0.3, -0.25) is 14.6 Å². The lowest BCUT2D eigenvalue weighted by Gasteiger charge is -2.45. The molecule has 0 N–H and O–H groups in total. The quantitative estimate of drug-likeness (QED) is 0.573. The van der Waals surface area contributed by atoms with Crippen LogP contribution < -0.4 is 4.90 Å². The molecule has 84 valence electrons. The molecule has 0 saturated carbocycles. The van der Waals surface area contributed by atoms with Crippen LogP contribution in [0.5, 0.6) is 0 Å². The number of carbonyl (C=O) groups is 2. The van der Waals surface area contributed by atoms with Gasteiger partial charge in [-0.15, -0.1) is 0 Å². The Hall–Kier alpha value is -1.71. The molecule has 0 radical (unpaired) electrons. The molecule has 2 heterocycles. The van der Waals surface area contributed by atoms with Crippen LogP contribution in [-0.4, -0.2) is 16.8 Å². The van der Waals surface area contributed by atoms with E-state index in [1.807, 2.05) is 13.8 Å². The fraction of sp³-hybridized carbons (Fsp3) is 0.417. The summed E-state index contributed by atoms with van der Waals surface area (Å²) in [7, 11) is 0. The fourth-order valence-electron chi connectivity index (χ4n) is 2.13. The van der Waals surface area contributed by atoms with Crippen molar-refractivity contribution in [3.63, 3.8) is 0 Å². The van der Waals surface area contributed by atoms with Gasteiger partial charge in [0.25, 0.3) is 0 Å². The van der Waals surface area contributed by atoms with Crippen molar-refractivity contribution in [2.45, 2.75) is 26.7 Å². The summed E-state index contributed by atoms with van der Waals surface area (Å²) in [5, 5.41) is 0. The van der Waals surface area contributed by atoms with Gasteiger partial charge in [0.2, 0.25) is 11.8 Å². The molecule has 1 aliphatic heterocycles. The van der Waals surface area contributed by atoms with E-state index >= 15 is 0 Å². The molecule has 0 bridgehead atoms. The Balaban J connectivity index is 2.31. The Morgan fingerprint density at radius 1 is 1.25 bits per heavy atom. The van der Waals surface area contributed by atoms with E-state index in [0.717, 1.165) is 0 Å². The number of imide groups is 1. The molecule has 0 aromatic carbocycles. The Morgan fingerprint density at radius 2 is 1.88 bits per heavy atom. The molecule has 1 fully saturated rings. The number of hydrogen-bond acceptors (Lipinski definition) is 3. The first-order valence-corrected chi connectivity index (χ1v) is 5.46. The molecule has 0 atom stereocenters. The standard InChI is InChI=1S/C12H14N2O2/c1-3-12(4-2)10(15)14(11(12)16)9-6-5-7-13-8-9/h5-8H,3-4H2,1-2H3. The minimum absolute atomic E-state index is 0.101. The van der Waals surface area contributed by atoms with Crippen LogP contribution in [0.4, 0.5) is 5.69 Å². The van der Waals surface area contributed by atoms with Crippen molar-refractivity contribution in [2.24, 2.45) is 5.41 Å². The van der Waals surface area contributed by atoms with E-state index in [1.165, 1.54) is 11.1 Å². The van der Waals surface area contributed by atoms with E-state index in [9.17, 15) is 9.59 Å². The van der Waals surface area contributed by atoms with Gasteiger partial charge in [0.15, 0.2) is 0 Å². The van der Waals surface area contributed by atoms with Crippen molar-refractivity contribution in [3.05, 3.63) is 24.5 Å². The van der Waals surface area contributed by atoms with E-state index in [2.05, 4.69) is 4.98 Å². The molecule has 1 aromatic rings. The average molecular weight is 218 g/mol. The van der Waals surface area contributed by atoms with Gasteiger partial charge in [-0.1, -0.05) is 13.8 Å². The number of carbonyl (C=O) groups excluding carboxylic acids is 2. The zero-order chi connectivity index (χ0) is 11.8. The molecule has 4 heteroatoms. The van der Waals surface area contributed by atoms with Crippen molar-refractivity contribution < 1.29 is 9.59 Å². The Morgan fingerprint density at radius 3 is 2.31 bits per heavy atom. The van der Waals surface area contributed by atoms with Crippen LogP contribution in [0.15, 0.2) is 24.5 Å². The molecule has 0 aliphatic carbocycles. The highest BCUT2D eigenvalue weighted by Crippen LogP contribution is 2.42. The lowest BCUT2D eigenvalue weighted by atomic mass is 9.73. The molecule has 2 amide bonds. The molecule has 1 saturated heterocycles. The summed E-state index contributed by atoms with van der Waals surface area (Å²) in [5.41, 5.74) is -0.217. The van der Waals surface area contributed by atoms with E-state index in [4.69, 9.17) is 0 Å². The third-order valence-corrected chi connectivity index (χ3v) is 3.34. The van der Waals surface area contributed by atoms with Crippen molar-refractivity contribution in [3.8, 4) is 0 Å². The lowest BCUT2D eigenvalue weighted by Crippen LogP contribution is -2.66. The zero-order valence-corrected chi connectivity index (χ0v) is 9.43. The molecular weight excluding hydrogens is 204 g/mol. The van der Waals surface area contributed by atoms with Crippen LogP contribution in [0.25, 0.3) is 0 Å². The SMILES string of the molecule is CCC1(CC)C(=O)N(c2cccnc2)C1=O. The fourth-order valence-corrected chi connectivity index (χ4v) is 2.13. The second-order valence-corrected chi connectivity index (χ2v) is 3.95. The van der Waals surface area contributed by atoms with Crippen molar-refractivity contribution in [1.82, 2.24) is 4.98 Å². The maximum Gasteiger partial charge on any atom is 0.249 e. The predicted octanol–water partition coefficient (Wildman–Crippen LogP) is 1.76. The summed E-state index contributed by atoms with van der Waals surface area (Å²) in [5.74, 6) is -0.203.